The van der Waals surface area contributed by atoms with Crippen LogP contribution in [0.5, 0.6) is 0 Å². The lowest BCUT2D eigenvalue weighted by atomic mass is 10.1. The third kappa shape index (κ3) is 5.85. The van der Waals surface area contributed by atoms with Crippen LogP contribution in [-0.2, 0) is 27.6 Å². The smallest absolute Gasteiger partial charge is 0.226 e. The topological polar surface area (TPSA) is 80.5 Å². The van der Waals surface area contributed by atoms with Gasteiger partial charge in [-0.2, -0.15) is 0 Å². The van der Waals surface area contributed by atoms with Crippen LogP contribution < -0.4 is 5.73 Å². The fourth-order valence-electron chi connectivity index (χ4n) is 1.53. The molecule has 1 aromatic rings. The summed E-state index contributed by atoms with van der Waals surface area (Å²) in [6.45, 7) is 0.695. The molecule has 0 radical (unpaired) electrons. The molecular weight excluding hydrogens is 264 g/mol. The van der Waals surface area contributed by atoms with Gasteiger partial charge in [0, 0.05) is 26.4 Å². The van der Waals surface area contributed by atoms with Gasteiger partial charge in [0.1, 0.15) is 9.84 Å². The Hall–Kier alpha value is -1.40. The first-order valence-electron chi connectivity index (χ1n) is 6.01. The Kier molecular flexibility index (Phi) is 5.50. The van der Waals surface area contributed by atoms with Crippen molar-refractivity contribution in [1.82, 2.24) is 4.90 Å². The second-order valence-electron chi connectivity index (χ2n) is 4.64. The summed E-state index contributed by atoms with van der Waals surface area (Å²) in [5, 5.41) is 0. The van der Waals surface area contributed by atoms with Crippen LogP contribution in [0.2, 0.25) is 0 Å². The molecule has 1 rings (SSSR count). The molecule has 6 heteroatoms. The Morgan fingerprint density at radius 3 is 2.21 bits per heavy atom. The lowest BCUT2D eigenvalue weighted by Gasteiger charge is -2.16. The Morgan fingerprint density at radius 2 is 1.74 bits per heavy atom. The maximum Gasteiger partial charge on any atom is 0.226 e. The summed E-state index contributed by atoms with van der Waals surface area (Å²) >= 11 is 0. The summed E-state index contributed by atoms with van der Waals surface area (Å²) < 4.78 is 22.1. The van der Waals surface area contributed by atoms with Crippen molar-refractivity contribution in [2.45, 2.75) is 13.0 Å². The SMILES string of the molecule is CN(CCS(C)(=O)=O)C(=O)Cc1ccc(CN)cc1. The molecule has 1 aromatic carbocycles. The van der Waals surface area contributed by atoms with Gasteiger partial charge in [-0.25, -0.2) is 8.42 Å². The van der Waals surface area contributed by atoms with E-state index < -0.39 is 9.84 Å². The van der Waals surface area contributed by atoms with Gasteiger partial charge >= 0.3 is 0 Å². The minimum absolute atomic E-state index is 0.0125. The first-order valence-corrected chi connectivity index (χ1v) is 8.07. The molecule has 106 valence electrons. The lowest BCUT2D eigenvalue weighted by Crippen LogP contribution is -2.32. The van der Waals surface area contributed by atoms with Crippen LogP contribution >= 0.6 is 0 Å². The van der Waals surface area contributed by atoms with Crippen molar-refractivity contribution < 1.29 is 13.2 Å². The second-order valence-corrected chi connectivity index (χ2v) is 6.90. The average Bonchev–Trinajstić information content (AvgIpc) is 2.36. The van der Waals surface area contributed by atoms with Gasteiger partial charge in [0.2, 0.25) is 5.91 Å². The number of sulfone groups is 1. The molecule has 0 aromatic heterocycles. The van der Waals surface area contributed by atoms with Gasteiger partial charge in [-0.15, -0.1) is 0 Å². The second kappa shape index (κ2) is 6.68. The largest absolute Gasteiger partial charge is 0.344 e. The van der Waals surface area contributed by atoms with E-state index in [1.54, 1.807) is 7.05 Å². The predicted molar refractivity (Wildman–Crippen MR) is 75.4 cm³/mol. The molecule has 0 saturated carbocycles. The van der Waals surface area contributed by atoms with Crippen molar-refractivity contribution in [3.63, 3.8) is 0 Å². The van der Waals surface area contributed by atoms with Gasteiger partial charge in [-0.05, 0) is 11.1 Å². The third-order valence-corrected chi connectivity index (χ3v) is 3.76. The molecule has 0 spiro atoms. The van der Waals surface area contributed by atoms with Crippen LogP contribution in [0.3, 0.4) is 0 Å². The minimum atomic E-state index is -3.04. The Morgan fingerprint density at radius 1 is 1.21 bits per heavy atom. The number of carbonyl (C=O) groups excluding carboxylic acids is 1. The Balaban J connectivity index is 2.53. The zero-order valence-electron chi connectivity index (χ0n) is 11.3. The van der Waals surface area contributed by atoms with Crippen LogP contribution in [0, 0.1) is 0 Å². The standard InChI is InChI=1S/C13H20N2O3S/c1-15(7-8-19(2,17)18)13(16)9-11-3-5-12(10-14)6-4-11/h3-6H,7-10,14H2,1-2H3. The summed E-state index contributed by atoms with van der Waals surface area (Å²) in [6, 6.07) is 7.51. The molecule has 0 aliphatic carbocycles. The average molecular weight is 284 g/mol. The molecule has 19 heavy (non-hydrogen) atoms. The van der Waals surface area contributed by atoms with Crippen LogP contribution in [0.1, 0.15) is 11.1 Å². The zero-order chi connectivity index (χ0) is 14.5. The number of hydrogen-bond acceptors (Lipinski definition) is 4. The molecule has 0 atom stereocenters. The van der Waals surface area contributed by atoms with E-state index >= 15 is 0 Å². The molecule has 5 nitrogen and oxygen atoms in total. The minimum Gasteiger partial charge on any atom is -0.344 e. The Bertz CT molecular complexity index is 523. The van der Waals surface area contributed by atoms with Crippen LogP contribution in [0.15, 0.2) is 24.3 Å². The molecule has 0 bridgehead atoms. The van der Waals surface area contributed by atoms with Crippen molar-refractivity contribution >= 4 is 15.7 Å². The monoisotopic (exact) mass is 284 g/mol. The van der Waals surface area contributed by atoms with Crippen LogP contribution in [0.25, 0.3) is 0 Å². The van der Waals surface area contributed by atoms with E-state index in [0.29, 0.717) is 6.54 Å². The first kappa shape index (κ1) is 15.7. The molecule has 1 amide bonds. The highest BCUT2D eigenvalue weighted by Gasteiger charge is 2.12. The summed E-state index contributed by atoms with van der Waals surface area (Å²) in [7, 11) is -1.43. The molecule has 0 heterocycles. The molecule has 2 N–H and O–H groups in total. The summed E-state index contributed by atoms with van der Waals surface area (Å²) in [6.07, 6.45) is 1.43. The van der Waals surface area contributed by atoms with E-state index in [2.05, 4.69) is 0 Å². The molecule has 0 saturated heterocycles. The summed E-state index contributed by atoms with van der Waals surface area (Å²) in [4.78, 5) is 13.3. The normalized spacial score (nSPS) is 11.3. The number of rotatable bonds is 6. The van der Waals surface area contributed by atoms with E-state index in [1.807, 2.05) is 24.3 Å². The van der Waals surface area contributed by atoms with Gasteiger partial charge in [-0.1, -0.05) is 24.3 Å². The van der Waals surface area contributed by atoms with Gasteiger partial charge in [-0.3, -0.25) is 4.79 Å². The van der Waals surface area contributed by atoms with E-state index in [-0.39, 0.29) is 24.6 Å². The quantitative estimate of drug-likeness (QED) is 0.808. The highest BCUT2D eigenvalue weighted by Crippen LogP contribution is 2.06. The van der Waals surface area contributed by atoms with Crippen LogP contribution in [-0.4, -0.2) is 44.8 Å². The number of nitrogens with zero attached hydrogens (tertiary/aromatic N) is 1. The van der Waals surface area contributed by atoms with Gasteiger partial charge in [0.15, 0.2) is 0 Å². The first-order chi connectivity index (χ1) is 8.81. The maximum atomic E-state index is 11.9. The fraction of sp³-hybridized carbons (Fsp3) is 0.462. The number of benzene rings is 1. The summed E-state index contributed by atoms with van der Waals surface area (Å²) in [5.41, 5.74) is 7.41. The zero-order valence-corrected chi connectivity index (χ0v) is 12.1. The van der Waals surface area contributed by atoms with Crippen molar-refractivity contribution in [1.29, 1.82) is 0 Å². The highest BCUT2D eigenvalue weighted by atomic mass is 32.2. The van der Waals surface area contributed by atoms with Crippen molar-refractivity contribution in [3.8, 4) is 0 Å². The summed E-state index contributed by atoms with van der Waals surface area (Å²) in [5.74, 6) is -0.106. The van der Waals surface area contributed by atoms with E-state index in [4.69, 9.17) is 5.73 Å². The fourth-order valence-corrected chi connectivity index (χ4v) is 2.14. The van der Waals surface area contributed by atoms with Gasteiger partial charge in [0.05, 0.1) is 12.2 Å². The van der Waals surface area contributed by atoms with E-state index in [1.165, 1.54) is 4.90 Å². The van der Waals surface area contributed by atoms with E-state index in [9.17, 15) is 13.2 Å². The van der Waals surface area contributed by atoms with Gasteiger partial charge < -0.3 is 10.6 Å². The number of amides is 1. The van der Waals surface area contributed by atoms with Crippen LogP contribution in [0.4, 0.5) is 0 Å². The molecule has 0 unspecified atom stereocenters. The lowest BCUT2D eigenvalue weighted by molar-refractivity contribution is -0.128. The number of nitrogens with two attached hydrogens (primary N) is 1. The molecular formula is C13H20N2O3S. The Labute approximate surface area is 114 Å². The highest BCUT2D eigenvalue weighted by molar-refractivity contribution is 7.90. The van der Waals surface area contributed by atoms with Gasteiger partial charge in [0.25, 0.3) is 0 Å². The maximum absolute atomic E-state index is 11.9. The molecule has 0 fully saturated rings. The van der Waals surface area contributed by atoms with E-state index in [0.717, 1.165) is 17.4 Å². The number of carbonyl (C=O) groups is 1. The van der Waals surface area contributed by atoms with Crippen molar-refractivity contribution in [3.05, 3.63) is 35.4 Å². The third-order valence-electron chi connectivity index (χ3n) is 2.84. The van der Waals surface area contributed by atoms with Crippen molar-refractivity contribution in [2.75, 3.05) is 25.6 Å². The molecule has 0 aliphatic heterocycles. The molecule has 0 aliphatic rings. The predicted octanol–water partition coefficient (Wildman–Crippen LogP) is 0.191. The number of likely N-dealkylation sites (N-methyl/N-ethyl adjacent to an activating group) is 1. The number of hydrogen-bond donors (Lipinski definition) is 1. The van der Waals surface area contributed by atoms with Crippen molar-refractivity contribution in [2.24, 2.45) is 5.73 Å².